The van der Waals surface area contributed by atoms with Gasteiger partial charge in [-0.25, -0.2) is 15.0 Å². The van der Waals surface area contributed by atoms with E-state index in [1.165, 1.54) is 11.3 Å². The van der Waals surface area contributed by atoms with Crippen molar-refractivity contribution in [2.75, 3.05) is 18.2 Å². The van der Waals surface area contributed by atoms with Crippen LogP contribution in [0.25, 0.3) is 15.3 Å². The Labute approximate surface area is 162 Å². The summed E-state index contributed by atoms with van der Waals surface area (Å²) in [5.74, 6) is 0.938. The third-order valence-electron chi connectivity index (χ3n) is 3.88. The number of hydrogen-bond donors (Lipinski definition) is 2. The smallest absolute Gasteiger partial charge is 0.353 e. The number of benzene rings is 1. The van der Waals surface area contributed by atoms with E-state index < -0.39 is 10.6 Å². The fourth-order valence-corrected chi connectivity index (χ4v) is 3.59. The number of fused-ring (bicyclic) bond motifs is 1. The van der Waals surface area contributed by atoms with Crippen LogP contribution >= 0.6 is 11.3 Å². The molecule has 0 fully saturated rings. The van der Waals surface area contributed by atoms with E-state index >= 15 is 0 Å². The van der Waals surface area contributed by atoms with Crippen LogP contribution in [0.1, 0.15) is 5.69 Å². The molecule has 4 aromatic rings. The van der Waals surface area contributed by atoms with Crippen molar-refractivity contribution in [2.24, 2.45) is 0 Å². The maximum absolute atomic E-state index is 11.3. The summed E-state index contributed by atoms with van der Waals surface area (Å²) in [5, 5.41) is 19.3. The van der Waals surface area contributed by atoms with Crippen LogP contribution in [0.4, 0.5) is 23.1 Å². The first-order valence-corrected chi connectivity index (χ1v) is 8.81. The first-order chi connectivity index (χ1) is 13.5. The lowest BCUT2D eigenvalue weighted by atomic mass is 10.3. The van der Waals surface area contributed by atoms with Gasteiger partial charge in [0.1, 0.15) is 17.9 Å². The second-order valence-electron chi connectivity index (χ2n) is 5.75. The molecule has 0 bridgehead atoms. The van der Waals surface area contributed by atoms with E-state index in [2.05, 4.69) is 25.4 Å². The van der Waals surface area contributed by atoms with E-state index in [1.54, 1.807) is 24.8 Å². The second kappa shape index (κ2) is 6.74. The van der Waals surface area contributed by atoms with E-state index in [0.29, 0.717) is 16.6 Å². The monoisotopic (exact) mass is 398 g/mol. The number of methoxy groups -OCH3 is 1. The maximum Gasteiger partial charge on any atom is 0.353 e. The SMILES string of the molecule is COc1ccc2nc(-n3nc(C)cc3Nc3ncnc(N)c3[N+](=O)[O-])sc2c1. The van der Waals surface area contributed by atoms with Crippen molar-refractivity contribution >= 4 is 44.7 Å². The molecule has 0 aliphatic heterocycles. The Bertz CT molecular complexity index is 1200. The fourth-order valence-electron chi connectivity index (χ4n) is 2.63. The summed E-state index contributed by atoms with van der Waals surface area (Å²) in [6.07, 6.45) is 1.15. The molecule has 0 saturated carbocycles. The van der Waals surface area contributed by atoms with E-state index in [0.717, 1.165) is 22.3 Å². The molecule has 0 unspecified atom stereocenters. The Morgan fingerprint density at radius 2 is 2.14 bits per heavy atom. The van der Waals surface area contributed by atoms with Gasteiger partial charge in [-0.2, -0.15) is 9.78 Å². The predicted octanol–water partition coefficient (Wildman–Crippen LogP) is 2.82. The molecule has 0 amide bonds. The molecular formula is C16H14N8O3S. The van der Waals surface area contributed by atoms with Gasteiger partial charge >= 0.3 is 5.69 Å². The van der Waals surface area contributed by atoms with Gasteiger partial charge in [-0.05, 0) is 25.1 Å². The molecule has 0 radical (unpaired) electrons. The number of rotatable bonds is 5. The van der Waals surface area contributed by atoms with Gasteiger partial charge < -0.3 is 15.8 Å². The van der Waals surface area contributed by atoms with Crippen molar-refractivity contribution in [3.63, 3.8) is 0 Å². The Hall–Kier alpha value is -3.80. The lowest BCUT2D eigenvalue weighted by Crippen LogP contribution is -2.07. The van der Waals surface area contributed by atoms with Crippen LogP contribution in [0.2, 0.25) is 0 Å². The lowest BCUT2D eigenvalue weighted by molar-refractivity contribution is -0.383. The van der Waals surface area contributed by atoms with Crippen molar-refractivity contribution in [1.29, 1.82) is 0 Å². The number of nitrogens with two attached hydrogens (primary N) is 1. The average Bonchev–Trinajstić information content (AvgIpc) is 3.23. The van der Waals surface area contributed by atoms with Crippen LogP contribution < -0.4 is 15.8 Å². The summed E-state index contributed by atoms with van der Waals surface area (Å²) >= 11 is 1.41. The lowest BCUT2D eigenvalue weighted by Gasteiger charge is -2.07. The highest BCUT2D eigenvalue weighted by molar-refractivity contribution is 7.20. The number of ether oxygens (including phenoxy) is 1. The number of nitro groups is 1. The zero-order valence-corrected chi connectivity index (χ0v) is 15.6. The Morgan fingerprint density at radius 3 is 2.89 bits per heavy atom. The third kappa shape index (κ3) is 3.05. The Morgan fingerprint density at radius 1 is 1.32 bits per heavy atom. The molecule has 3 aromatic heterocycles. The molecule has 0 spiro atoms. The quantitative estimate of drug-likeness (QED) is 0.382. The van der Waals surface area contributed by atoms with Gasteiger partial charge in [-0.1, -0.05) is 11.3 Å². The molecule has 0 saturated heterocycles. The molecule has 142 valence electrons. The first-order valence-electron chi connectivity index (χ1n) is 8.00. The topological polar surface area (TPSA) is 147 Å². The summed E-state index contributed by atoms with van der Waals surface area (Å²) < 4.78 is 7.73. The number of hydrogen-bond acceptors (Lipinski definition) is 10. The van der Waals surface area contributed by atoms with Crippen molar-refractivity contribution < 1.29 is 9.66 Å². The Balaban J connectivity index is 1.78. The largest absolute Gasteiger partial charge is 0.497 e. The first kappa shape index (κ1) is 17.6. The van der Waals surface area contributed by atoms with E-state index in [4.69, 9.17) is 10.5 Å². The average molecular weight is 398 g/mol. The van der Waals surface area contributed by atoms with Crippen LogP contribution in [0, 0.1) is 17.0 Å². The number of thiazole rings is 1. The van der Waals surface area contributed by atoms with Crippen LogP contribution in [-0.2, 0) is 0 Å². The highest BCUT2D eigenvalue weighted by atomic mass is 32.1. The number of nitrogens with zero attached hydrogens (tertiary/aromatic N) is 6. The summed E-state index contributed by atoms with van der Waals surface area (Å²) in [6, 6.07) is 7.30. The molecule has 0 aliphatic carbocycles. The second-order valence-corrected chi connectivity index (χ2v) is 6.76. The summed E-state index contributed by atoms with van der Waals surface area (Å²) in [4.78, 5) is 22.9. The molecule has 0 atom stereocenters. The van der Waals surface area contributed by atoms with E-state index in [9.17, 15) is 10.1 Å². The number of nitrogens with one attached hydrogen (secondary N) is 1. The Kier molecular flexibility index (Phi) is 4.24. The minimum absolute atomic E-state index is 0.0265. The minimum atomic E-state index is -0.630. The van der Waals surface area contributed by atoms with E-state index in [1.807, 2.05) is 18.2 Å². The number of aromatic nitrogens is 5. The van der Waals surface area contributed by atoms with Gasteiger partial charge in [0.15, 0.2) is 0 Å². The highest BCUT2D eigenvalue weighted by Gasteiger charge is 2.23. The summed E-state index contributed by atoms with van der Waals surface area (Å²) in [6.45, 7) is 1.81. The molecule has 4 rings (SSSR count). The van der Waals surface area contributed by atoms with E-state index in [-0.39, 0.29) is 11.6 Å². The normalized spacial score (nSPS) is 10.9. The molecule has 12 heteroatoms. The highest BCUT2D eigenvalue weighted by Crippen LogP contribution is 2.33. The van der Waals surface area contributed by atoms with Crippen LogP contribution in [0.15, 0.2) is 30.6 Å². The zero-order chi connectivity index (χ0) is 19.8. The van der Waals surface area contributed by atoms with Crippen LogP contribution in [-0.4, -0.2) is 36.8 Å². The van der Waals surface area contributed by atoms with Crippen molar-refractivity contribution in [2.45, 2.75) is 6.92 Å². The molecule has 3 heterocycles. The summed E-state index contributed by atoms with van der Waals surface area (Å²) in [5.41, 5.74) is 6.72. The zero-order valence-electron chi connectivity index (χ0n) is 14.8. The van der Waals surface area contributed by atoms with Gasteiger partial charge in [0.05, 0.1) is 27.9 Å². The van der Waals surface area contributed by atoms with Crippen LogP contribution in [0.5, 0.6) is 5.75 Å². The third-order valence-corrected chi connectivity index (χ3v) is 4.87. The minimum Gasteiger partial charge on any atom is -0.497 e. The molecule has 0 aliphatic rings. The van der Waals surface area contributed by atoms with Crippen LogP contribution in [0.3, 0.4) is 0 Å². The number of aryl methyl sites for hydroxylation is 1. The standard InChI is InChI=1S/C16H14N8O3S/c1-8-5-12(21-15-13(24(25)26)14(17)18-7-19-15)23(22-8)16-20-10-4-3-9(27-2)6-11(10)28-16/h3-7H,1-2H3,(H3,17,18,19,21). The van der Waals surface area contributed by atoms with Crippen molar-refractivity contribution in [3.05, 3.63) is 46.4 Å². The predicted molar refractivity (Wildman–Crippen MR) is 104 cm³/mol. The molecule has 28 heavy (non-hydrogen) atoms. The molecule has 1 aromatic carbocycles. The number of anilines is 3. The summed E-state index contributed by atoms with van der Waals surface area (Å²) in [7, 11) is 1.60. The van der Waals surface area contributed by atoms with Gasteiger partial charge in [0.2, 0.25) is 16.8 Å². The molecular weight excluding hydrogens is 384 g/mol. The fraction of sp³-hybridized carbons (Fsp3) is 0.125. The van der Waals surface area contributed by atoms with Crippen molar-refractivity contribution in [3.8, 4) is 10.9 Å². The molecule has 3 N–H and O–H groups in total. The van der Waals surface area contributed by atoms with Crippen molar-refractivity contribution in [1.82, 2.24) is 24.7 Å². The maximum atomic E-state index is 11.3. The van der Waals surface area contributed by atoms with Gasteiger partial charge in [0, 0.05) is 6.07 Å². The van der Waals surface area contributed by atoms with Gasteiger partial charge in [-0.15, -0.1) is 0 Å². The number of nitrogen functional groups attached to an aromatic ring is 1. The molecule has 11 nitrogen and oxygen atoms in total. The van der Waals surface area contributed by atoms with Gasteiger partial charge in [-0.3, -0.25) is 10.1 Å². The van der Waals surface area contributed by atoms with Gasteiger partial charge in [0.25, 0.3) is 0 Å².